The number of piperidine rings is 1. The maximum absolute atomic E-state index is 12.9. The van der Waals surface area contributed by atoms with E-state index in [4.69, 9.17) is 11.6 Å². The Kier molecular flexibility index (Phi) is 5.06. The minimum absolute atomic E-state index is 0.164. The standard InChI is InChI=1S/C21H24ClN5O/c1-13-6-4-5-11-26(13)19(28)12-18-14(2)23-21-24-20(25-27(21)15(18)3)16-7-9-17(22)10-8-16/h7-10,13H,4-6,11-12H2,1-3H3/t13-/m1/s1. The fourth-order valence-electron chi connectivity index (χ4n) is 3.91. The third-order valence-corrected chi connectivity index (χ3v) is 5.85. The molecule has 146 valence electrons. The van der Waals surface area contributed by atoms with E-state index in [1.807, 2.05) is 43.0 Å². The second-order valence-corrected chi connectivity index (χ2v) is 7.96. The Morgan fingerprint density at radius 1 is 1.18 bits per heavy atom. The van der Waals surface area contributed by atoms with E-state index >= 15 is 0 Å². The minimum Gasteiger partial charge on any atom is -0.340 e. The Labute approximate surface area is 169 Å². The van der Waals surface area contributed by atoms with E-state index in [1.165, 1.54) is 6.42 Å². The molecule has 1 aromatic carbocycles. The molecule has 3 aromatic rings. The van der Waals surface area contributed by atoms with Crippen molar-refractivity contribution in [3.8, 4) is 11.4 Å². The molecule has 1 aliphatic heterocycles. The molecule has 0 bridgehead atoms. The molecule has 4 rings (SSSR count). The van der Waals surface area contributed by atoms with Gasteiger partial charge in [-0.1, -0.05) is 11.6 Å². The predicted molar refractivity (Wildman–Crippen MR) is 109 cm³/mol. The van der Waals surface area contributed by atoms with E-state index in [2.05, 4.69) is 22.0 Å². The molecule has 6 nitrogen and oxygen atoms in total. The van der Waals surface area contributed by atoms with Crippen LogP contribution in [0, 0.1) is 13.8 Å². The Morgan fingerprint density at radius 2 is 1.93 bits per heavy atom. The maximum Gasteiger partial charge on any atom is 0.253 e. The number of fused-ring (bicyclic) bond motifs is 1. The molecular weight excluding hydrogens is 374 g/mol. The van der Waals surface area contributed by atoms with Gasteiger partial charge in [0, 0.05) is 40.1 Å². The highest BCUT2D eigenvalue weighted by Gasteiger charge is 2.25. The van der Waals surface area contributed by atoms with Crippen molar-refractivity contribution in [3.05, 3.63) is 46.2 Å². The zero-order valence-electron chi connectivity index (χ0n) is 16.4. The van der Waals surface area contributed by atoms with Crippen LogP contribution < -0.4 is 0 Å². The average molecular weight is 398 g/mol. The molecule has 28 heavy (non-hydrogen) atoms. The van der Waals surface area contributed by atoms with Crippen LogP contribution in [-0.4, -0.2) is 43.0 Å². The predicted octanol–water partition coefficient (Wildman–Crippen LogP) is 4.01. The van der Waals surface area contributed by atoms with Gasteiger partial charge >= 0.3 is 0 Å². The molecule has 1 saturated heterocycles. The number of carbonyl (C=O) groups is 1. The van der Waals surface area contributed by atoms with Gasteiger partial charge < -0.3 is 4.90 Å². The van der Waals surface area contributed by atoms with Crippen molar-refractivity contribution in [1.82, 2.24) is 24.5 Å². The highest BCUT2D eigenvalue weighted by Crippen LogP contribution is 2.23. The van der Waals surface area contributed by atoms with Crippen LogP contribution in [0.5, 0.6) is 0 Å². The first kappa shape index (κ1) is 18.9. The van der Waals surface area contributed by atoms with Gasteiger partial charge in [0.15, 0.2) is 5.82 Å². The summed E-state index contributed by atoms with van der Waals surface area (Å²) in [6.45, 7) is 6.89. The van der Waals surface area contributed by atoms with Crippen LogP contribution in [0.1, 0.15) is 43.1 Å². The van der Waals surface area contributed by atoms with Crippen LogP contribution in [0.3, 0.4) is 0 Å². The molecule has 0 saturated carbocycles. The minimum atomic E-state index is 0.164. The molecule has 2 aromatic heterocycles. The third kappa shape index (κ3) is 3.49. The molecule has 7 heteroatoms. The Bertz CT molecular complexity index is 1030. The smallest absolute Gasteiger partial charge is 0.253 e. The Balaban J connectivity index is 1.67. The molecule has 1 atom stereocenters. The van der Waals surface area contributed by atoms with Crippen molar-refractivity contribution < 1.29 is 4.79 Å². The number of carbonyl (C=O) groups excluding carboxylic acids is 1. The first-order chi connectivity index (χ1) is 13.4. The molecule has 0 unspecified atom stereocenters. The number of hydrogen-bond donors (Lipinski definition) is 0. The van der Waals surface area contributed by atoms with Gasteiger partial charge in [0.1, 0.15) is 0 Å². The number of aryl methyl sites for hydroxylation is 2. The Morgan fingerprint density at radius 3 is 2.64 bits per heavy atom. The van der Waals surface area contributed by atoms with Gasteiger partial charge in [0.2, 0.25) is 5.91 Å². The number of aromatic nitrogens is 4. The van der Waals surface area contributed by atoms with Crippen LogP contribution >= 0.6 is 11.6 Å². The van der Waals surface area contributed by atoms with Crippen molar-refractivity contribution in [1.29, 1.82) is 0 Å². The summed E-state index contributed by atoms with van der Waals surface area (Å²) in [5.74, 6) is 1.31. The summed E-state index contributed by atoms with van der Waals surface area (Å²) in [5, 5.41) is 5.30. The first-order valence-electron chi connectivity index (χ1n) is 9.72. The largest absolute Gasteiger partial charge is 0.340 e. The van der Waals surface area contributed by atoms with Crippen molar-refractivity contribution in [2.75, 3.05) is 6.54 Å². The third-order valence-electron chi connectivity index (χ3n) is 5.60. The van der Waals surface area contributed by atoms with Crippen molar-refractivity contribution >= 4 is 23.3 Å². The number of likely N-dealkylation sites (tertiary alicyclic amines) is 1. The highest BCUT2D eigenvalue weighted by molar-refractivity contribution is 6.30. The summed E-state index contributed by atoms with van der Waals surface area (Å²) in [5.41, 5.74) is 3.56. The van der Waals surface area contributed by atoms with Crippen LogP contribution in [-0.2, 0) is 11.2 Å². The molecule has 0 aliphatic carbocycles. The normalized spacial score (nSPS) is 17.3. The van der Waals surface area contributed by atoms with Crippen LogP contribution in [0.25, 0.3) is 17.2 Å². The summed E-state index contributed by atoms with van der Waals surface area (Å²) in [6.07, 6.45) is 3.71. The summed E-state index contributed by atoms with van der Waals surface area (Å²) in [6, 6.07) is 7.72. The molecule has 0 radical (unpaired) electrons. The van der Waals surface area contributed by atoms with Crippen LogP contribution in [0.4, 0.5) is 0 Å². The van der Waals surface area contributed by atoms with E-state index in [-0.39, 0.29) is 5.91 Å². The molecule has 1 amide bonds. The summed E-state index contributed by atoms with van der Waals surface area (Å²) < 4.78 is 1.74. The van der Waals surface area contributed by atoms with Crippen LogP contribution in [0.15, 0.2) is 24.3 Å². The van der Waals surface area contributed by atoms with Crippen molar-refractivity contribution in [2.24, 2.45) is 0 Å². The lowest BCUT2D eigenvalue weighted by atomic mass is 10.0. The van der Waals surface area contributed by atoms with Gasteiger partial charge in [-0.05, 0) is 64.3 Å². The number of amides is 1. The highest BCUT2D eigenvalue weighted by atomic mass is 35.5. The quantitative estimate of drug-likeness (QED) is 0.670. The molecule has 3 heterocycles. The number of benzene rings is 1. The summed E-state index contributed by atoms with van der Waals surface area (Å²) >= 11 is 5.97. The molecular formula is C21H24ClN5O. The number of rotatable bonds is 3. The Hall–Kier alpha value is -2.47. The monoisotopic (exact) mass is 397 g/mol. The van der Waals surface area contributed by atoms with Gasteiger partial charge in [-0.15, -0.1) is 5.10 Å². The lowest BCUT2D eigenvalue weighted by molar-refractivity contribution is -0.133. The zero-order valence-corrected chi connectivity index (χ0v) is 17.2. The zero-order chi connectivity index (χ0) is 19.8. The lowest BCUT2D eigenvalue weighted by Gasteiger charge is -2.33. The number of nitrogens with zero attached hydrogens (tertiary/aromatic N) is 5. The van der Waals surface area contributed by atoms with Crippen molar-refractivity contribution in [3.63, 3.8) is 0 Å². The van der Waals surface area contributed by atoms with E-state index in [0.29, 0.717) is 29.1 Å². The molecule has 1 aliphatic rings. The molecule has 0 N–H and O–H groups in total. The van der Waals surface area contributed by atoms with Gasteiger partial charge in [-0.2, -0.15) is 4.98 Å². The van der Waals surface area contributed by atoms with E-state index in [0.717, 1.165) is 41.9 Å². The maximum atomic E-state index is 12.9. The van der Waals surface area contributed by atoms with Gasteiger partial charge in [-0.3, -0.25) is 4.79 Å². The number of halogens is 1. The van der Waals surface area contributed by atoms with Crippen molar-refractivity contribution in [2.45, 2.75) is 52.5 Å². The second-order valence-electron chi connectivity index (χ2n) is 7.52. The lowest BCUT2D eigenvalue weighted by Crippen LogP contribution is -2.43. The second kappa shape index (κ2) is 7.51. The fraction of sp³-hybridized carbons (Fsp3) is 0.429. The summed E-state index contributed by atoms with van der Waals surface area (Å²) in [4.78, 5) is 24.1. The van der Waals surface area contributed by atoms with E-state index < -0.39 is 0 Å². The first-order valence-corrected chi connectivity index (χ1v) is 10.1. The summed E-state index contributed by atoms with van der Waals surface area (Å²) in [7, 11) is 0. The topological polar surface area (TPSA) is 63.4 Å². The number of hydrogen-bond acceptors (Lipinski definition) is 4. The van der Waals surface area contributed by atoms with Gasteiger partial charge in [-0.25, -0.2) is 9.50 Å². The van der Waals surface area contributed by atoms with E-state index in [1.54, 1.807) is 4.52 Å². The fourth-order valence-corrected chi connectivity index (χ4v) is 4.03. The molecule has 1 fully saturated rings. The van der Waals surface area contributed by atoms with E-state index in [9.17, 15) is 4.79 Å². The van der Waals surface area contributed by atoms with Gasteiger partial charge in [0.05, 0.1) is 6.42 Å². The SMILES string of the molecule is Cc1nc2nc(-c3ccc(Cl)cc3)nn2c(C)c1CC(=O)N1CCCC[C@H]1C. The molecule has 0 spiro atoms. The van der Waals surface area contributed by atoms with Gasteiger partial charge in [0.25, 0.3) is 5.78 Å². The average Bonchev–Trinajstić information content (AvgIpc) is 3.10. The van der Waals surface area contributed by atoms with Crippen LogP contribution in [0.2, 0.25) is 5.02 Å².